The fourth-order valence-electron chi connectivity index (χ4n) is 2.53. The van der Waals surface area contributed by atoms with E-state index in [2.05, 4.69) is 15.9 Å². The fraction of sp³-hybridized carbons (Fsp3) is 0.278. The van der Waals surface area contributed by atoms with Crippen LogP contribution in [0.1, 0.15) is 20.7 Å². The van der Waals surface area contributed by atoms with Gasteiger partial charge in [-0.3, -0.25) is 14.9 Å². The predicted molar refractivity (Wildman–Crippen MR) is 102 cm³/mol. The van der Waals surface area contributed by atoms with Gasteiger partial charge in [0.05, 0.1) is 33.4 Å². The molecule has 2 rings (SSSR count). The zero-order chi connectivity index (χ0) is 20.1. The number of methoxy groups -OCH3 is 4. The second kappa shape index (κ2) is 8.72. The molecule has 0 bridgehead atoms. The summed E-state index contributed by atoms with van der Waals surface area (Å²) in [5.41, 5.74) is 0.489. The SMILES string of the molecule is COc1ccc(C(Br)C(=O)c2cc(OC)c(OC)c(OC)c2)cc1[N+](=O)[O-]. The summed E-state index contributed by atoms with van der Waals surface area (Å²) >= 11 is 3.32. The van der Waals surface area contributed by atoms with Gasteiger partial charge >= 0.3 is 5.69 Å². The van der Waals surface area contributed by atoms with E-state index >= 15 is 0 Å². The molecule has 1 atom stereocenters. The van der Waals surface area contributed by atoms with Crippen LogP contribution >= 0.6 is 15.9 Å². The number of ether oxygens (including phenoxy) is 4. The van der Waals surface area contributed by atoms with Crippen molar-refractivity contribution in [2.24, 2.45) is 0 Å². The van der Waals surface area contributed by atoms with E-state index in [9.17, 15) is 14.9 Å². The number of nitrogens with zero attached hydrogens (tertiary/aromatic N) is 1. The Kier molecular flexibility index (Phi) is 6.62. The van der Waals surface area contributed by atoms with Gasteiger partial charge in [0, 0.05) is 11.6 Å². The second-order valence-electron chi connectivity index (χ2n) is 5.33. The molecule has 0 aliphatic carbocycles. The van der Waals surface area contributed by atoms with Crippen LogP contribution in [0.4, 0.5) is 5.69 Å². The first-order valence-corrected chi connectivity index (χ1v) is 8.60. The largest absolute Gasteiger partial charge is 0.493 e. The molecule has 9 heteroatoms. The summed E-state index contributed by atoms with van der Waals surface area (Å²) < 4.78 is 20.7. The van der Waals surface area contributed by atoms with Crippen molar-refractivity contribution in [3.63, 3.8) is 0 Å². The Hall–Kier alpha value is -2.81. The molecule has 1 unspecified atom stereocenters. The standard InChI is InChI=1S/C18H18BrNO7/c1-24-13-6-5-10(7-12(13)20(22)23)16(19)17(21)11-8-14(25-2)18(27-4)15(9-11)26-3/h5-9,16H,1-4H3. The van der Waals surface area contributed by atoms with Crippen molar-refractivity contribution in [2.45, 2.75) is 4.83 Å². The molecule has 0 fully saturated rings. The molecule has 2 aromatic carbocycles. The Bertz CT molecular complexity index is 844. The third-order valence-electron chi connectivity index (χ3n) is 3.87. The van der Waals surface area contributed by atoms with Crippen LogP contribution in [-0.4, -0.2) is 39.1 Å². The third kappa shape index (κ3) is 4.13. The number of carbonyl (C=O) groups excluding carboxylic acids is 1. The van der Waals surface area contributed by atoms with Crippen molar-refractivity contribution in [1.82, 2.24) is 0 Å². The van der Waals surface area contributed by atoms with Gasteiger partial charge in [0.25, 0.3) is 0 Å². The van der Waals surface area contributed by atoms with Crippen LogP contribution in [0.15, 0.2) is 30.3 Å². The fourth-order valence-corrected chi connectivity index (χ4v) is 3.08. The van der Waals surface area contributed by atoms with Gasteiger partial charge < -0.3 is 18.9 Å². The van der Waals surface area contributed by atoms with Gasteiger partial charge in [0.15, 0.2) is 23.0 Å². The van der Waals surface area contributed by atoms with Gasteiger partial charge in [0.1, 0.15) is 4.83 Å². The van der Waals surface area contributed by atoms with E-state index in [1.165, 1.54) is 52.7 Å². The Balaban J connectivity index is 2.46. The average molecular weight is 440 g/mol. The molecule has 27 heavy (non-hydrogen) atoms. The van der Waals surface area contributed by atoms with E-state index in [0.29, 0.717) is 28.4 Å². The summed E-state index contributed by atoms with van der Waals surface area (Å²) in [5, 5.41) is 11.2. The lowest BCUT2D eigenvalue weighted by Gasteiger charge is -2.15. The van der Waals surface area contributed by atoms with E-state index in [-0.39, 0.29) is 17.2 Å². The van der Waals surface area contributed by atoms with Gasteiger partial charge in [0.2, 0.25) is 5.75 Å². The Labute approximate surface area is 164 Å². The third-order valence-corrected chi connectivity index (χ3v) is 4.82. The predicted octanol–water partition coefficient (Wildman–Crippen LogP) is 3.95. The molecule has 0 aliphatic heterocycles. The first-order chi connectivity index (χ1) is 12.9. The smallest absolute Gasteiger partial charge is 0.311 e. The number of nitro groups is 1. The van der Waals surface area contributed by atoms with E-state index in [0.717, 1.165) is 0 Å². The van der Waals surface area contributed by atoms with Crippen LogP contribution in [0.2, 0.25) is 0 Å². The minimum Gasteiger partial charge on any atom is -0.493 e. The molecule has 0 heterocycles. The summed E-state index contributed by atoms with van der Waals surface area (Å²) in [5.74, 6) is 0.821. The molecular formula is C18H18BrNO7. The lowest BCUT2D eigenvalue weighted by atomic mass is 10.0. The van der Waals surface area contributed by atoms with Crippen molar-refractivity contribution in [3.05, 3.63) is 51.6 Å². The Morgan fingerprint density at radius 2 is 1.52 bits per heavy atom. The number of nitro benzene ring substituents is 1. The first-order valence-electron chi connectivity index (χ1n) is 7.68. The molecule has 144 valence electrons. The number of alkyl halides is 1. The van der Waals surface area contributed by atoms with Gasteiger partial charge in [-0.15, -0.1) is 0 Å². The van der Waals surface area contributed by atoms with Crippen LogP contribution in [-0.2, 0) is 0 Å². The molecular weight excluding hydrogens is 422 g/mol. The highest BCUT2D eigenvalue weighted by molar-refractivity contribution is 9.09. The zero-order valence-corrected chi connectivity index (χ0v) is 16.7. The van der Waals surface area contributed by atoms with E-state index in [4.69, 9.17) is 18.9 Å². The van der Waals surface area contributed by atoms with Crippen molar-refractivity contribution in [2.75, 3.05) is 28.4 Å². The molecule has 0 aromatic heterocycles. The number of halogens is 1. The van der Waals surface area contributed by atoms with Crippen molar-refractivity contribution >= 4 is 27.4 Å². The maximum atomic E-state index is 12.9. The lowest BCUT2D eigenvalue weighted by Crippen LogP contribution is -2.09. The van der Waals surface area contributed by atoms with Gasteiger partial charge in [-0.2, -0.15) is 0 Å². The summed E-state index contributed by atoms with van der Waals surface area (Å²) in [7, 11) is 5.70. The minimum absolute atomic E-state index is 0.115. The topological polar surface area (TPSA) is 97.1 Å². The molecule has 0 saturated carbocycles. The van der Waals surface area contributed by atoms with Crippen molar-refractivity contribution in [3.8, 4) is 23.0 Å². The molecule has 0 amide bonds. The minimum atomic E-state index is -0.815. The average Bonchev–Trinajstić information content (AvgIpc) is 2.70. The van der Waals surface area contributed by atoms with Crippen LogP contribution < -0.4 is 18.9 Å². The summed E-state index contributed by atoms with van der Waals surface area (Å²) in [4.78, 5) is 22.7. The number of carbonyl (C=O) groups is 1. The Morgan fingerprint density at radius 3 is 1.96 bits per heavy atom. The zero-order valence-electron chi connectivity index (χ0n) is 15.1. The summed E-state index contributed by atoms with van der Waals surface area (Å²) in [6, 6.07) is 7.38. The highest BCUT2D eigenvalue weighted by Gasteiger charge is 2.25. The monoisotopic (exact) mass is 439 g/mol. The molecule has 8 nitrogen and oxygen atoms in total. The van der Waals surface area contributed by atoms with Crippen molar-refractivity contribution in [1.29, 1.82) is 0 Å². The maximum absolute atomic E-state index is 12.9. The summed E-state index contributed by atoms with van der Waals surface area (Å²) in [6.07, 6.45) is 0. The van der Waals surface area contributed by atoms with Crippen LogP contribution in [0, 0.1) is 10.1 Å². The summed E-state index contributed by atoms with van der Waals surface area (Å²) in [6.45, 7) is 0. The van der Waals surface area contributed by atoms with Gasteiger partial charge in [-0.05, 0) is 23.8 Å². The number of rotatable bonds is 8. The van der Waals surface area contributed by atoms with Crippen LogP contribution in [0.5, 0.6) is 23.0 Å². The van der Waals surface area contributed by atoms with E-state index < -0.39 is 9.75 Å². The molecule has 0 aliphatic rings. The molecule has 0 saturated heterocycles. The van der Waals surface area contributed by atoms with E-state index in [1.807, 2.05) is 0 Å². The number of benzene rings is 2. The molecule has 0 N–H and O–H groups in total. The number of hydrogen-bond acceptors (Lipinski definition) is 7. The Morgan fingerprint density at radius 1 is 0.963 bits per heavy atom. The normalized spacial score (nSPS) is 11.4. The maximum Gasteiger partial charge on any atom is 0.311 e. The highest BCUT2D eigenvalue weighted by atomic mass is 79.9. The van der Waals surface area contributed by atoms with Gasteiger partial charge in [-0.25, -0.2) is 0 Å². The van der Waals surface area contributed by atoms with Crippen molar-refractivity contribution < 1.29 is 28.7 Å². The van der Waals surface area contributed by atoms with Gasteiger partial charge in [-0.1, -0.05) is 22.0 Å². The second-order valence-corrected chi connectivity index (χ2v) is 6.24. The number of ketones is 1. The molecule has 0 radical (unpaired) electrons. The highest BCUT2D eigenvalue weighted by Crippen LogP contribution is 2.40. The molecule has 2 aromatic rings. The van der Waals surface area contributed by atoms with E-state index in [1.54, 1.807) is 6.07 Å². The van der Waals surface area contributed by atoms with Crippen LogP contribution in [0.25, 0.3) is 0 Å². The quantitative estimate of drug-likeness (QED) is 0.265. The first kappa shape index (κ1) is 20.5. The number of Topliss-reactive ketones (excluding diaryl/α,β-unsaturated/α-hetero) is 1. The van der Waals surface area contributed by atoms with Crippen LogP contribution in [0.3, 0.4) is 0 Å². The molecule has 0 spiro atoms. The number of hydrogen-bond donors (Lipinski definition) is 0. The lowest BCUT2D eigenvalue weighted by molar-refractivity contribution is -0.385.